The van der Waals surface area contributed by atoms with Crippen LogP contribution in [0.2, 0.25) is 0 Å². The van der Waals surface area contributed by atoms with E-state index in [4.69, 9.17) is 17.5 Å². The number of anilines is 1. The van der Waals surface area contributed by atoms with E-state index in [-0.39, 0.29) is 0 Å². The number of halogens is 4. The number of benzene rings is 1. The number of hydrazine groups is 1. The average Bonchev–Trinajstić information content (AvgIpc) is 2.11. The summed E-state index contributed by atoms with van der Waals surface area (Å²) in [5.41, 5.74) is 3.86. The fourth-order valence-corrected chi connectivity index (χ4v) is 2.46. The molecule has 0 atom stereocenters. The third-order valence-corrected chi connectivity index (χ3v) is 3.84. The molecule has 0 heterocycles. The van der Waals surface area contributed by atoms with Crippen molar-refractivity contribution in [3.8, 4) is 0 Å². The van der Waals surface area contributed by atoms with Crippen LogP contribution in [0.25, 0.3) is 0 Å². The molecule has 0 saturated heterocycles. The lowest BCUT2D eigenvalue weighted by molar-refractivity contribution is 0.381. The maximum atomic E-state index is 8.74. The van der Waals surface area contributed by atoms with Gasteiger partial charge in [0.25, 0.3) is 0 Å². The van der Waals surface area contributed by atoms with Crippen molar-refractivity contribution in [1.29, 1.82) is 0 Å². The van der Waals surface area contributed by atoms with E-state index >= 15 is 0 Å². The minimum atomic E-state index is -4.67. The van der Waals surface area contributed by atoms with Gasteiger partial charge in [-0.15, -0.1) is 0 Å². The molecule has 6 nitrogen and oxygen atoms in total. The number of rotatable bonds is 2. The second-order valence-electron chi connectivity index (χ2n) is 2.42. The van der Waals surface area contributed by atoms with Crippen LogP contribution in [-0.2, 0) is 10.4 Å². The van der Waals surface area contributed by atoms with E-state index in [0.29, 0.717) is 0 Å². The zero-order chi connectivity index (χ0) is 13.6. The van der Waals surface area contributed by atoms with Crippen molar-refractivity contribution >= 4 is 80.0 Å². The third-order valence-electron chi connectivity index (χ3n) is 1.17. The summed E-state index contributed by atoms with van der Waals surface area (Å²) in [4.78, 5) is 0. The summed E-state index contributed by atoms with van der Waals surface area (Å²) in [7, 11) is -4.67. The molecule has 0 unspecified atom stereocenters. The van der Waals surface area contributed by atoms with Gasteiger partial charge in [-0.2, -0.15) is 12.9 Å². The maximum absolute atomic E-state index is 8.74. The quantitative estimate of drug-likeness (QED) is 0.206. The van der Waals surface area contributed by atoms with Gasteiger partial charge in [0.15, 0.2) is 0 Å². The largest absolute Gasteiger partial charge is 0.394 e. The second kappa shape index (κ2) is 8.04. The molecule has 1 aromatic rings. The Balaban J connectivity index is 0.000000437. The highest BCUT2D eigenvalue weighted by atomic mass is 79.9. The number of hydrogen-bond acceptors (Lipinski definition) is 4. The van der Waals surface area contributed by atoms with Gasteiger partial charge in [0.1, 0.15) is 0 Å². The number of hydrogen-bond donors (Lipinski definition) is 4. The lowest BCUT2D eigenvalue weighted by Gasteiger charge is -2.07. The molecule has 0 radical (unpaired) electrons. The van der Waals surface area contributed by atoms with E-state index in [9.17, 15) is 0 Å². The van der Waals surface area contributed by atoms with E-state index < -0.39 is 10.4 Å². The van der Waals surface area contributed by atoms with Gasteiger partial charge in [-0.25, -0.2) is 0 Å². The summed E-state index contributed by atoms with van der Waals surface area (Å²) in [6, 6.07) is 3.91. The minimum absolute atomic E-state index is 0.938. The third kappa shape index (κ3) is 9.36. The van der Waals surface area contributed by atoms with E-state index in [1.807, 2.05) is 12.1 Å². The Labute approximate surface area is 132 Å². The first-order chi connectivity index (χ1) is 7.65. The Kier molecular flexibility index (Phi) is 8.41. The van der Waals surface area contributed by atoms with Crippen LogP contribution in [0.1, 0.15) is 0 Å². The molecule has 0 aliphatic carbocycles. The maximum Gasteiger partial charge on any atom is 0.394 e. The van der Waals surface area contributed by atoms with E-state index in [2.05, 4.69) is 73.8 Å². The highest BCUT2D eigenvalue weighted by Crippen LogP contribution is 2.33. The molecule has 0 amide bonds. The first-order valence-electron chi connectivity index (χ1n) is 3.61. The van der Waals surface area contributed by atoms with Crippen molar-refractivity contribution < 1.29 is 17.5 Å². The molecular formula is C6H6Br4N2O4S. The zero-order valence-corrected chi connectivity index (χ0v) is 14.9. The highest BCUT2D eigenvalue weighted by Gasteiger charge is 2.04. The van der Waals surface area contributed by atoms with Crippen molar-refractivity contribution in [3.05, 3.63) is 25.6 Å². The molecule has 1 rings (SSSR count). The van der Waals surface area contributed by atoms with Crippen molar-refractivity contribution in [3.63, 3.8) is 0 Å². The average molecular weight is 522 g/mol. The summed E-state index contributed by atoms with van der Waals surface area (Å²) in [6.07, 6.45) is 0. The lowest BCUT2D eigenvalue weighted by Crippen LogP contribution is -2.08. The van der Waals surface area contributed by atoms with Crippen molar-refractivity contribution in [2.45, 2.75) is 0 Å². The van der Waals surface area contributed by atoms with Crippen LogP contribution in [0.3, 0.4) is 0 Å². The molecule has 0 bridgehead atoms. The van der Waals surface area contributed by atoms with Crippen LogP contribution in [0.4, 0.5) is 5.69 Å². The van der Waals surface area contributed by atoms with E-state index in [0.717, 1.165) is 19.1 Å². The standard InChI is InChI=1S/C6H4Br4N2.H2O4S/c7-3-1-4(8)6(9)5(2-3)11-12-10;1-5(2,3)4/h1-2,11-12H;(H2,1,2,3,4). The van der Waals surface area contributed by atoms with Crippen molar-refractivity contribution in [2.24, 2.45) is 0 Å². The van der Waals surface area contributed by atoms with Gasteiger partial charge in [0, 0.05) is 25.1 Å². The smallest absolute Gasteiger partial charge is 0.310 e. The van der Waals surface area contributed by atoms with Gasteiger partial charge < -0.3 is 5.43 Å². The van der Waals surface area contributed by atoms with Crippen LogP contribution >= 0.6 is 63.9 Å². The molecule has 98 valence electrons. The zero-order valence-electron chi connectivity index (χ0n) is 7.79. The van der Waals surface area contributed by atoms with Crippen molar-refractivity contribution in [2.75, 3.05) is 5.43 Å². The minimum Gasteiger partial charge on any atom is -0.310 e. The number of nitrogens with one attached hydrogen (secondary N) is 2. The normalized spacial score (nSPS) is 10.5. The molecule has 0 fully saturated rings. The van der Waals surface area contributed by atoms with Gasteiger partial charge in [-0.05, 0) is 44.0 Å². The summed E-state index contributed by atoms with van der Waals surface area (Å²) in [5, 5.41) is 0. The first kappa shape index (κ1) is 17.8. The molecular weight excluding hydrogens is 516 g/mol. The fourth-order valence-electron chi connectivity index (χ4n) is 0.698. The molecule has 0 aromatic heterocycles. The van der Waals surface area contributed by atoms with Crippen LogP contribution in [0.15, 0.2) is 25.6 Å². The van der Waals surface area contributed by atoms with Gasteiger partial charge in [-0.3, -0.25) is 9.11 Å². The Bertz CT molecular complexity index is 473. The Hall–Kier alpha value is 0.770. The SMILES string of the molecule is BrNNc1cc(Br)cc(Br)c1Br.O=S(=O)(O)O. The molecule has 1 aromatic carbocycles. The Morgan fingerprint density at radius 2 is 1.59 bits per heavy atom. The van der Waals surface area contributed by atoms with Crippen LogP contribution in [-0.4, -0.2) is 17.5 Å². The molecule has 0 aliphatic heterocycles. The van der Waals surface area contributed by atoms with Crippen molar-refractivity contribution in [1.82, 2.24) is 4.45 Å². The first-order valence-corrected chi connectivity index (χ1v) is 8.18. The van der Waals surface area contributed by atoms with Gasteiger partial charge >= 0.3 is 10.4 Å². The predicted octanol–water partition coefficient (Wildman–Crippen LogP) is 3.55. The fraction of sp³-hybridized carbons (Fsp3) is 0. The summed E-state index contributed by atoms with van der Waals surface area (Å²) in [5.74, 6) is 0. The van der Waals surface area contributed by atoms with Crippen LogP contribution in [0, 0.1) is 0 Å². The molecule has 11 heteroatoms. The summed E-state index contributed by atoms with van der Waals surface area (Å²) in [6.45, 7) is 0. The topological polar surface area (TPSA) is 98.7 Å². The lowest BCUT2D eigenvalue weighted by atomic mass is 10.3. The predicted molar refractivity (Wildman–Crippen MR) is 79.4 cm³/mol. The van der Waals surface area contributed by atoms with Gasteiger partial charge in [0.2, 0.25) is 0 Å². The van der Waals surface area contributed by atoms with Crippen LogP contribution < -0.4 is 9.88 Å². The molecule has 0 aliphatic rings. The Morgan fingerprint density at radius 1 is 1.12 bits per heavy atom. The highest BCUT2D eigenvalue weighted by molar-refractivity contribution is 9.13. The second-order valence-corrected chi connectivity index (χ2v) is 6.27. The molecule has 0 saturated carbocycles. The monoisotopic (exact) mass is 518 g/mol. The molecule has 17 heavy (non-hydrogen) atoms. The van der Waals surface area contributed by atoms with Crippen LogP contribution in [0.5, 0.6) is 0 Å². The van der Waals surface area contributed by atoms with Gasteiger partial charge in [-0.1, -0.05) is 15.9 Å². The van der Waals surface area contributed by atoms with E-state index in [1.165, 1.54) is 0 Å². The van der Waals surface area contributed by atoms with E-state index in [1.54, 1.807) is 0 Å². The summed E-state index contributed by atoms with van der Waals surface area (Å²) < 4.78 is 37.2. The molecule has 4 N–H and O–H groups in total. The van der Waals surface area contributed by atoms with Gasteiger partial charge in [0.05, 0.1) is 10.2 Å². The Morgan fingerprint density at radius 3 is 2.00 bits per heavy atom. The molecule has 0 spiro atoms. The summed E-state index contributed by atoms with van der Waals surface area (Å²) >= 11 is 13.3.